The molecule has 46 heavy (non-hydrogen) atoms. The highest BCUT2D eigenvalue weighted by molar-refractivity contribution is 7.12. The summed E-state index contributed by atoms with van der Waals surface area (Å²) in [6.07, 6.45) is -10.00. The molecule has 0 spiro atoms. The zero-order valence-corrected chi connectivity index (χ0v) is 26.8. The molecule has 2 atom stereocenters. The molecule has 0 aliphatic rings. The molecule has 2 aromatic heterocycles. The van der Waals surface area contributed by atoms with Crippen molar-refractivity contribution in [1.82, 2.24) is 10.6 Å². The average Bonchev–Trinajstić information content (AvgIpc) is 3.70. The summed E-state index contributed by atoms with van der Waals surface area (Å²) in [4.78, 5) is 10.4. The molecular formula is C32H36F6N6S2. The van der Waals surface area contributed by atoms with Gasteiger partial charge in [0.05, 0.1) is 34.0 Å². The maximum absolute atomic E-state index is 12.3. The highest BCUT2D eigenvalue weighted by Crippen LogP contribution is 2.23. The fourth-order valence-electron chi connectivity index (χ4n) is 4.08. The average molecular weight is 683 g/mol. The smallest absolute Gasteiger partial charge is 0.383 e. The summed E-state index contributed by atoms with van der Waals surface area (Å²) in [5, 5.41) is 9.57. The van der Waals surface area contributed by atoms with Crippen molar-refractivity contribution < 1.29 is 26.3 Å². The molecule has 14 heteroatoms. The Kier molecular flexibility index (Phi) is 13.8. The Bertz CT molecular complexity index is 1520. The van der Waals surface area contributed by atoms with E-state index >= 15 is 0 Å². The van der Waals surface area contributed by atoms with Crippen molar-refractivity contribution in [3.63, 3.8) is 0 Å². The van der Waals surface area contributed by atoms with Gasteiger partial charge in [-0.05, 0) is 72.1 Å². The van der Waals surface area contributed by atoms with Crippen LogP contribution in [-0.2, 0) is 13.1 Å². The van der Waals surface area contributed by atoms with Crippen molar-refractivity contribution in [3.05, 3.63) is 104 Å². The fourth-order valence-corrected chi connectivity index (χ4v) is 5.34. The van der Waals surface area contributed by atoms with E-state index in [0.29, 0.717) is 36.1 Å². The second-order valence-corrected chi connectivity index (χ2v) is 12.4. The summed E-state index contributed by atoms with van der Waals surface area (Å²) in [7, 11) is 0. The van der Waals surface area contributed by atoms with E-state index in [1.807, 2.05) is 71.4 Å². The first-order chi connectivity index (χ1) is 21.7. The molecule has 0 aliphatic heterocycles. The predicted octanol–water partition coefficient (Wildman–Crippen LogP) is 8.43. The molecule has 4 rings (SSSR count). The quantitative estimate of drug-likeness (QED) is 0.0685. The monoisotopic (exact) mass is 682 g/mol. The number of nitrogens with zero attached hydrogens (tertiary/aromatic N) is 2. The van der Waals surface area contributed by atoms with Crippen molar-refractivity contribution in [2.24, 2.45) is 21.5 Å². The van der Waals surface area contributed by atoms with Crippen LogP contribution < -0.4 is 22.1 Å². The second-order valence-electron chi connectivity index (χ2n) is 10.5. The standard InChI is InChI=1S/2C16H18F3N3S/c1-11(9-16(17,18)19)21-10-12-4-2-5-13(8-12)22-15(20)14-6-3-7-23-14;1-11(9-16(17,18)19)21-10-12-4-6-13(7-5-12)22-15(20)14-3-2-8-23-14/h2*2-8,11,21H,9-10H2,1H3,(H2,20,22). The lowest BCUT2D eigenvalue weighted by Crippen LogP contribution is -2.30. The highest BCUT2D eigenvalue weighted by atomic mass is 32.1. The molecule has 2 heterocycles. The number of thiophene rings is 2. The summed E-state index contributed by atoms with van der Waals surface area (Å²) in [6, 6.07) is 20.8. The molecule has 6 N–H and O–H groups in total. The van der Waals surface area contributed by atoms with E-state index in [0.717, 1.165) is 20.9 Å². The number of hydrogen-bond donors (Lipinski definition) is 4. The van der Waals surface area contributed by atoms with Gasteiger partial charge in [-0.25, -0.2) is 9.98 Å². The lowest BCUT2D eigenvalue weighted by Gasteiger charge is -2.15. The first-order valence-corrected chi connectivity index (χ1v) is 16.0. The Labute approximate surface area is 272 Å². The Morgan fingerprint density at radius 3 is 1.59 bits per heavy atom. The van der Waals surface area contributed by atoms with Gasteiger partial charge in [0.15, 0.2) is 0 Å². The molecule has 4 aromatic rings. The van der Waals surface area contributed by atoms with E-state index in [1.165, 1.54) is 36.5 Å². The summed E-state index contributed by atoms with van der Waals surface area (Å²) < 4.78 is 73.7. The van der Waals surface area contributed by atoms with Gasteiger partial charge in [0, 0.05) is 25.2 Å². The third kappa shape index (κ3) is 14.1. The summed E-state index contributed by atoms with van der Waals surface area (Å²) in [6.45, 7) is 3.76. The molecule has 0 saturated carbocycles. The van der Waals surface area contributed by atoms with Gasteiger partial charge < -0.3 is 22.1 Å². The van der Waals surface area contributed by atoms with Crippen molar-refractivity contribution in [1.29, 1.82) is 0 Å². The molecule has 248 valence electrons. The van der Waals surface area contributed by atoms with Gasteiger partial charge in [0.1, 0.15) is 11.7 Å². The lowest BCUT2D eigenvalue weighted by atomic mass is 10.1. The van der Waals surface area contributed by atoms with E-state index in [4.69, 9.17) is 11.5 Å². The summed E-state index contributed by atoms with van der Waals surface area (Å²) in [5.74, 6) is 0.875. The zero-order chi connectivity index (χ0) is 33.7. The molecule has 0 fully saturated rings. The number of aliphatic imine (C=N–C) groups is 2. The predicted molar refractivity (Wildman–Crippen MR) is 176 cm³/mol. The fraction of sp³-hybridized carbons (Fsp3) is 0.312. The Morgan fingerprint density at radius 1 is 0.652 bits per heavy atom. The molecule has 0 aliphatic carbocycles. The van der Waals surface area contributed by atoms with Crippen LogP contribution in [0, 0.1) is 0 Å². The Balaban J connectivity index is 0.000000250. The van der Waals surface area contributed by atoms with E-state index in [-0.39, 0.29) is 0 Å². The van der Waals surface area contributed by atoms with Crippen LogP contribution in [0.15, 0.2) is 93.5 Å². The molecule has 2 aromatic carbocycles. The molecular weight excluding hydrogens is 647 g/mol. The maximum atomic E-state index is 12.3. The third-order valence-corrected chi connectivity index (χ3v) is 8.06. The van der Waals surface area contributed by atoms with Gasteiger partial charge in [-0.2, -0.15) is 26.3 Å². The first-order valence-electron chi connectivity index (χ1n) is 14.2. The minimum Gasteiger partial charge on any atom is -0.383 e. The Morgan fingerprint density at radius 2 is 1.13 bits per heavy atom. The molecule has 0 amide bonds. The minimum atomic E-state index is -4.16. The molecule has 2 unspecified atom stereocenters. The van der Waals surface area contributed by atoms with Crippen LogP contribution in [0.3, 0.4) is 0 Å². The number of alkyl halides is 6. The highest BCUT2D eigenvalue weighted by Gasteiger charge is 2.30. The van der Waals surface area contributed by atoms with Crippen LogP contribution in [-0.4, -0.2) is 36.1 Å². The van der Waals surface area contributed by atoms with Gasteiger partial charge >= 0.3 is 12.4 Å². The topological polar surface area (TPSA) is 101 Å². The largest absolute Gasteiger partial charge is 0.390 e. The van der Waals surface area contributed by atoms with Crippen LogP contribution in [0.2, 0.25) is 0 Å². The number of rotatable bonds is 12. The van der Waals surface area contributed by atoms with Gasteiger partial charge in [0.2, 0.25) is 0 Å². The van der Waals surface area contributed by atoms with Crippen molar-refractivity contribution in [2.45, 2.75) is 64.2 Å². The van der Waals surface area contributed by atoms with E-state index < -0.39 is 37.3 Å². The number of amidine groups is 2. The second kappa shape index (κ2) is 17.3. The van der Waals surface area contributed by atoms with Crippen LogP contribution in [0.5, 0.6) is 0 Å². The normalized spacial score (nSPS) is 14.0. The number of hydrogen-bond acceptors (Lipinski definition) is 6. The summed E-state index contributed by atoms with van der Waals surface area (Å²) in [5.41, 5.74) is 15.0. The van der Waals surface area contributed by atoms with Crippen LogP contribution >= 0.6 is 22.7 Å². The van der Waals surface area contributed by atoms with Crippen molar-refractivity contribution in [3.8, 4) is 0 Å². The Hall–Kier alpha value is -3.72. The van der Waals surface area contributed by atoms with Crippen LogP contribution in [0.1, 0.15) is 47.6 Å². The van der Waals surface area contributed by atoms with Gasteiger partial charge in [-0.15, -0.1) is 22.7 Å². The zero-order valence-electron chi connectivity index (χ0n) is 25.2. The van der Waals surface area contributed by atoms with Crippen LogP contribution in [0.4, 0.5) is 37.7 Å². The van der Waals surface area contributed by atoms with Gasteiger partial charge in [0.25, 0.3) is 0 Å². The van der Waals surface area contributed by atoms with Crippen molar-refractivity contribution in [2.75, 3.05) is 0 Å². The summed E-state index contributed by atoms with van der Waals surface area (Å²) >= 11 is 3.01. The maximum Gasteiger partial charge on any atom is 0.390 e. The van der Waals surface area contributed by atoms with E-state index in [1.54, 1.807) is 12.1 Å². The number of benzene rings is 2. The molecule has 0 saturated heterocycles. The van der Waals surface area contributed by atoms with Crippen molar-refractivity contribution >= 4 is 45.7 Å². The third-order valence-electron chi connectivity index (χ3n) is 6.28. The van der Waals surface area contributed by atoms with E-state index in [2.05, 4.69) is 20.6 Å². The lowest BCUT2D eigenvalue weighted by molar-refractivity contribution is -0.140. The first kappa shape index (κ1) is 36.7. The minimum absolute atomic E-state index is 0.347. The van der Waals surface area contributed by atoms with E-state index in [9.17, 15) is 26.3 Å². The SMILES string of the molecule is CC(CC(F)(F)F)NCc1ccc(N=C(N)c2cccs2)cc1.CC(CC(F)(F)F)NCc1cccc(N=C(N)c2cccs2)c1. The molecule has 0 radical (unpaired) electrons. The van der Waals surface area contributed by atoms with Gasteiger partial charge in [-0.3, -0.25) is 0 Å². The van der Waals surface area contributed by atoms with Crippen LogP contribution in [0.25, 0.3) is 0 Å². The number of nitrogens with one attached hydrogen (secondary N) is 2. The molecule has 0 bridgehead atoms. The number of halogens is 6. The molecule has 6 nitrogen and oxygen atoms in total. The number of nitrogens with two attached hydrogens (primary N) is 2. The van der Waals surface area contributed by atoms with Gasteiger partial charge in [-0.1, -0.05) is 36.4 Å².